The van der Waals surface area contributed by atoms with E-state index >= 15 is 0 Å². The third kappa shape index (κ3) is 5.06. The molecule has 0 saturated heterocycles. The maximum absolute atomic E-state index is 12.8. The lowest BCUT2D eigenvalue weighted by molar-refractivity contribution is 0.465. The second kappa shape index (κ2) is 9.80. The highest BCUT2D eigenvalue weighted by Gasteiger charge is 2.20. The minimum atomic E-state index is -3.53. The Labute approximate surface area is 206 Å². The monoisotopic (exact) mass is 547 g/mol. The Morgan fingerprint density at radius 2 is 1.94 bits per heavy atom. The molecule has 0 unspecified atom stereocenters. The highest BCUT2D eigenvalue weighted by Crippen LogP contribution is 2.30. The fourth-order valence-electron chi connectivity index (χ4n) is 3.46. The topological polar surface area (TPSA) is 79.6 Å². The van der Waals surface area contributed by atoms with Gasteiger partial charge in [-0.1, -0.05) is 41.9 Å². The minimum Gasteiger partial charge on any atom is -0.370 e. The molecule has 2 aromatic heterocycles. The van der Waals surface area contributed by atoms with Crippen LogP contribution >= 0.6 is 27.5 Å². The number of hydrogen-bond donors (Lipinski definition) is 1. The van der Waals surface area contributed by atoms with Gasteiger partial charge in [-0.05, 0) is 53.0 Å². The number of halogens is 2. The Hall–Kier alpha value is -2.46. The van der Waals surface area contributed by atoms with Crippen molar-refractivity contribution in [3.8, 4) is 11.3 Å². The number of hydrogen-bond acceptors (Lipinski definition) is 5. The summed E-state index contributed by atoms with van der Waals surface area (Å²) in [4.78, 5) is 5.00. The Morgan fingerprint density at radius 3 is 2.70 bits per heavy atom. The van der Waals surface area contributed by atoms with Gasteiger partial charge in [0, 0.05) is 36.8 Å². The number of rotatable bonds is 8. The number of aromatic nitrogens is 3. The summed E-state index contributed by atoms with van der Waals surface area (Å²) in [6.45, 7) is 2.80. The van der Waals surface area contributed by atoms with Gasteiger partial charge in [0.2, 0.25) is 10.0 Å². The van der Waals surface area contributed by atoms with Gasteiger partial charge in [-0.15, -0.1) is 0 Å². The Morgan fingerprint density at radius 1 is 1.15 bits per heavy atom. The van der Waals surface area contributed by atoms with Gasteiger partial charge in [-0.25, -0.2) is 17.7 Å². The Kier molecular flexibility index (Phi) is 7.04. The van der Waals surface area contributed by atoms with E-state index in [9.17, 15) is 8.42 Å². The quantitative estimate of drug-likeness (QED) is 0.305. The molecule has 0 bridgehead atoms. The molecule has 2 heterocycles. The standard InChI is InChI=1S/C23H23BrClN5O2S/c1-16-7-5-8-17(13-16)33(31,32)29(2)12-6-11-26-22-14-21(18-9-3-4-10-20(18)25)28-23-19(24)15-27-30(22)23/h3-5,7-10,13-15,26H,6,11-12H2,1-2H3. The minimum absolute atomic E-state index is 0.305. The summed E-state index contributed by atoms with van der Waals surface area (Å²) in [7, 11) is -1.93. The molecule has 0 aliphatic carbocycles. The van der Waals surface area contributed by atoms with Gasteiger partial charge >= 0.3 is 0 Å². The molecule has 4 aromatic rings. The van der Waals surface area contributed by atoms with Gasteiger partial charge in [0.1, 0.15) is 5.82 Å². The van der Waals surface area contributed by atoms with E-state index in [2.05, 4.69) is 26.3 Å². The first kappa shape index (κ1) is 23.7. The largest absolute Gasteiger partial charge is 0.370 e. The summed E-state index contributed by atoms with van der Waals surface area (Å²) in [6.07, 6.45) is 2.29. The van der Waals surface area contributed by atoms with Crippen LogP contribution in [0.5, 0.6) is 0 Å². The van der Waals surface area contributed by atoms with E-state index in [1.54, 1.807) is 36.0 Å². The summed E-state index contributed by atoms with van der Waals surface area (Å²) in [5, 5.41) is 8.35. The van der Waals surface area contributed by atoms with Gasteiger partial charge in [-0.2, -0.15) is 9.61 Å². The van der Waals surface area contributed by atoms with E-state index in [1.165, 1.54) is 4.31 Å². The molecular formula is C23H23BrClN5O2S. The predicted octanol–water partition coefficient (Wildman–Crippen LogP) is 5.24. The van der Waals surface area contributed by atoms with Crippen molar-refractivity contribution in [1.29, 1.82) is 0 Å². The first-order valence-corrected chi connectivity index (χ1v) is 12.9. The normalized spacial score (nSPS) is 11.9. The lowest BCUT2D eigenvalue weighted by Gasteiger charge is -2.18. The summed E-state index contributed by atoms with van der Waals surface area (Å²) >= 11 is 9.88. The second-order valence-corrected chi connectivity index (χ2v) is 11.0. The van der Waals surface area contributed by atoms with Gasteiger partial charge in [0.15, 0.2) is 5.65 Å². The Balaban J connectivity index is 1.49. The van der Waals surface area contributed by atoms with Crippen LogP contribution in [0.2, 0.25) is 5.02 Å². The molecule has 172 valence electrons. The van der Waals surface area contributed by atoms with Gasteiger partial charge in [0.25, 0.3) is 0 Å². The molecule has 0 radical (unpaired) electrons. The fourth-order valence-corrected chi connectivity index (χ4v) is 5.36. The summed E-state index contributed by atoms with van der Waals surface area (Å²) in [5.74, 6) is 0.741. The van der Waals surface area contributed by atoms with Crippen molar-refractivity contribution < 1.29 is 8.42 Å². The molecule has 4 rings (SSSR count). The van der Waals surface area contributed by atoms with Crippen molar-refractivity contribution in [2.24, 2.45) is 0 Å². The molecule has 0 aliphatic rings. The highest BCUT2D eigenvalue weighted by molar-refractivity contribution is 9.10. The summed E-state index contributed by atoms with van der Waals surface area (Å²) < 4.78 is 29.5. The van der Waals surface area contributed by atoms with Crippen molar-refractivity contribution in [3.63, 3.8) is 0 Å². The molecule has 0 amide bonds. The number of anilines is 1. The average Bonchev–Trinajstić information content (AvgIpc) is 3.17. The molecular weight excluding hydrogens is 526 g/mol. The molecule has 0 fully saturated rings. The zero-order valence-electron chi connectivity index (χ0n) is 18.2. The van der Waals surface area contributed by atoms with Crippen LogP contribution in [0.15, 0.2) is 70.2 Å². The van der Waals surface area contributed by atoms with Crippen LogP contribution < -0.4 is 5.32 Å². The predicted molar refractivity (Wildman–Crippen MR) is 135 cm³/mol. The number of benzene rings is 2. The number of fused-ring (bicyclic) bond motifs is 1. The van der Waals surface area contributed by atoms with Gasteiger partial charge in [0.05, 0.1) is 21.3 Å². The molecule has 33 heavy (non-hydrogen) atoms. The molecule has 0 aliphatic heterocycles. The maximum atomic E-state index is 12.8. The number of sulfonamides is 1. The first-order valence-electron chi connectivity index (χ1n) is 10.3. The van der Waals surface area contributed by atoms with Crippen LogP contribution in [0.4, 0.5) is 5.82 Å². The first-order chi connectivity index (χ1) is 15.8. The summed E-state index contributed by atoms with van der Waals surface area (Å²) in [5.41, 5.74) is 3.11. The van der Waals surface area contributed by atoms with Crippen LogP contribution in [0.1, 0.15) is 12.0 Å². The van der Waals surface area contributed by atoms with Crippen LogP contribution in [0, 0.1) is 6.92 Å². The van der Waals surface area contributed by atoms with Crippen LogP contribution in [0.25, 0.3) is 16.9 Å². The zero-order valence-corrected chi connectivity index (χ0v) is 21.3. The SMILES string of the molecule is Cc1cccc(S(=O)(=O)N(C)CCCNc2cc(-c3ccccc3Cl)nc3c(Br)cnn23)c1. The lowest BCUT2D eigenvalue weighted by atomic mass is 10.1. The third-order valence-corrected chi connectivity index (χ3v) is 7.97. The number of aryl methyl sites for hydroxylation is 1. The van der Waals surface area contributed by atoms with E-state index in [0.29, 0.717) is 35.1 Å². The molecule has 0 spiro atoms. The number of nitrogens with zero attached hydrogens (tertiary/aromatic N) is 4. The van der Waals surface area contributed by atoms with Crippen LogP contribution in [-0.4, -0.2) is 47.5 Å². The number of nitrogens with one attached hydrogen (secondary N) is 1. The zero-order chi connectivity index (χ0) is 23.6. The van der Waals surface area contributed by atoms with Crippen molar-refractivity contribution >= 4 is 49.0 Å². The van der Waals surface area contributed by atoms with E-state index in [-0.39, 0.29) is 0 Å². The third-order valence-electron chi connectivity index (χ3n) is 5.23. The molecule has 7 nitrogen and oxygen atoms in total. The second-order valence-electron chi connectivity index (χ2n) is 7.66. The smallest absolute Gasteiger partial charge is 0.242 e. The van der Waals surface area contributed by atoms with E-state index in [1.807, 2.05) is 43.3 Å². The highest BCUT2D eigenvalue weighted by atomic mass is 79.9. The van der Waals surface area contributed by atoms with Crippen molar-refractivity contribution in [2.45, 2.75) is 18.2 Å². The Bertz CT molecular complexity index is 1410. The molecule has 0 atom stereocenters. The van der Waals surface area contributed by atoms with E-state index in [0.717, 1.165) is 27.1 Å². The molecule has 10 heteroatoms. The van der Waals surface area contributed by atoms with Crippen molar-refractivity contribution in [2.75, 3.05) is 25.5 Å². The van der Waals surface area contributed by atoms with Crippen molar-refractivity contribution in [3.05, 3.63) is 75.9 Å². The van der Waals surface area contributed by atoms with Crippen molar-refractivity contribution in [1.82, 2.24) is 18.9 Å². The molecule has 0 saturated carbocycles. The fraction of sp³-hybridized carbons (Fsp3) is 0.217. The lowest BCUT2D eigenvalue weighted by Crippen LogP contribution is -2.29. The van der Waals surface area contributed by atoms with Gasteiger partial charge in [-0.3, -0.25) is 0 Å². The van der Waals surface area contributed by atoms with E-state index < -0.39 is 10.0 Å². The van der Waals surface area contributed by atoms with Crippen LogP contribution in [0.3, 0.4) is 0 Å². The van der Waals surface area contributed by atoms with Gasteiger partial charge < -0.3 is 5.32 Å². The summed E-state index contributed by atoms with van der Waals surface area (Å²) in [6, 6.07) is 16.4. The maximum Gasteiger partial charge on any atom is 0.242 e. The average molecular weight is 549 g/mol. The van der Waals surface area contributed by atoms with Crippen LogP contribution in [-0.2, 0) is 10.0 Å². The van der Waals surface area contributed by atoms with E-state index in [4.69, 9.17) is 16.6 Å². The molecule has 2 aromatic carbocycles. The molecule has 1 N–H and O–H groups in total.